The smallest absolute Gasteiger partial charge is 0.273 e. The molecule has 0 saturated heterocycles. The van der Waals surface area contributed by atoms with Crippen molar-refractivity contribution in [2.24, 2.45) is 0 Å². The summed E-state index contributed by atoms with van der Waals surface area (Å²) in [6.45, 7) is 5.11. The van der Waals surface area contributed by atoms with Gasteiger partial charge in [-0.25, -0.2) is 9.97 Å². The van der Waals surface area contributed by atoms with Gasteiger partial charge in [-0.05, 0) is 45.2 Å². The summed E-state index contributed by atoms with van der Waals surface area (Å²) < 4.78 is 1.87. The monoisotopic (exact) mass is 522 g/mol. The number of likely N-dealkylation sites (N-methyl/N-ethyl adjacent to an activating group) is 1. The highest BCUT2D eigenvalue weighted by atomic mass is 35.5. The number of aromatic nitrogens is 5. The molecule has 0 spiro atoms. The molecule has 4 aromatic rings. The maximum Gasteiger partial charge on any atom is 0.273 e. The first kappa shape index (κ1) is 26.0. The van der Waals surface area contributed by atoms with Crippen LogP contribution in [0.2, 0.25) is 5.02 Å². The molecule has 4 rings (SSSR count). The number of hydrogen-bond acceptors (Lipinski definition) is 8. The van der Waals surface area contributed by atoms with Gasteiger partial charge in [0, 0.05) is 53.4 Å². The van der Waals surface area contributed by atoms with E-state index in [1.807, 2.05) is 18.5 Å². The molecule has 0 atom stereocenters. The van der Waals surface area contributed by atoms with Crippen LogP contribution in [0.3, 0.4) is 0 Å². The van der Waals surface area contributed by atoms with Crippen molar-refractivity contribution in [2.45, 2.75) is 26.9 Å². The van der Waals surface area contributed by atoms with Crippen LogP contribution in [0.4, 0.5) is 5.82 Å². The quantitative estimate of drug-likeness (QED) is 0.321. The highest BCUT2D eigenvalue weighted by molar-refractivity contribution is 6.31. The Bertz CT molecular complexity index is 1490. The Morgan fingerprint density at radius 3 is 2.65 bits per heavy atom. The Balaban J connectivity index is 1.76. The molecule has 1 aromatic carbocycles. The van der Waals surface area contributed by atoms with Crippen molar-refractivity contribution >= 4 is 40.1 Å². The van der Waals surface area contributed by atoms with Crippen LogP contribution in [0.5, 0.6) is 5.88 Å². The number of nitrogens with one attached hydrogen (secondary N) is 2. The maximum atomic E-state index is 13.6. The van der Waals surface area contributed by atoms with Crippen molar-refractivity contribution in [1.82, 2.24) is 34.9 Å². The number of carbonyl (C=O) groups excluding carboxylic acids is 2. The maximum absolute atomic E-state index is 13.6. The lowest BCUT2D eigenvalue weighted by Crippen LogP contribution is -2.28. The molecule has 3 N–H and O–H groups in total. The van der Waals surface area contributed by atoms with Crippen LogP contribution in [-0.2, 0) is 17.9 Å². The van der Waals surface area contributed by atoms with E-state index in [0.29, 0.717) is 28.0 Å². The molecule has 192 valence electrons. The molecule has 0 bridgehead atoms. The van der Waals surface area contributed by atoms with Crippen molar-refractivity contribution in [1.29, 1.82) is 0 Å². The van der Waals surface area contributed by atoms with Crippen molar-refractivity contribution in [2.75, 3.05) is 26.0 Å². The van der Waals surface area contributed by atoms with Crippen LogP contribution in [0, 0.1) is 6.92 Å². The number of hydrogen-bond donors (Lipinski definition) is 3. The van der Waals surface area contributed by atoms with Gasteiger partial charge in [0.15, 0.2) is 5.82 Å². The number of nitrogens with zero attached hydrogens (tertiary/aromatic N) is 6. The molecule has 0 aliphatic carbocycles. The van der Waals surface area contributed by atoms with E-state index in [2.05, 4.69) is 30.7 Å². The Hall–Kier alpha value is -4.09. The van der Waals surface area contributed by atoms with Crippen molar-refractivity contribution in [3.8, 4) is 17.3 Å². The SMILES string of the molecule is CCn1ncc(CN(C)C(=O)c2nc(-c3cc(O)nc(NC(=O)CNC)c3)nc3ccc(Cl)cc23)c1C. The van der Waals surface area contributed by atoms with Gasteiger partial charge in [0.25, 0.3) is 5.91 Å². The van der Waals surface area contributed by atoms with Gasteiger partial charge in [0.2, 0.25) is 11.8 Å². The second-order valence-electron chi connectivity index (χ2n) is 8.47. The first-order valence-corrected chi connectivity index (χ1v) is 12.0. The van der Waals surface area contributed by atoms with Crippen LogP contribution >= 0.6 is 11.6 Å². The fourth-order valence-corrected chi connectivity index (χ4v) is 4.09. The van der Waals surface area contributed by atoms with Gasteiger partial charge in [0.1, 0.15) is 11.5 Å². The largest absolute Gasteiger partial charge is 0.493 e. The fourth-order valence-electron chi connectivity index (χ4n) is 3.92. The molecule has 0 radical (unpaired) electrons. The minimum absolute atomic E-state index is 0.0710. The third kappa shape index (κ3) is 5.68. The van der Waals surface area contributed by atoms with Gasteiger partial charge < -0.3 is 20.6 Å². The Morgan fingerprint density at radius 2 is 1.95 bits per heavy atom. The lowest BCUT2D eigenvalue weighted by molar-refractivity contribution is -0.115. The van der Waals surface area contributed by atoms with E-state index in [9.17, 15) is 14.7 Å². The Kier molecular flexibility index (Phi) is 7.65. The predicted molar refractivity (Wildman–Crippen MR) is 140 cm³/mol. The van der Waals surface area contributed by atoms with Crippen LogP contribution in [0.25, 0.3) is 22.3 Å². The van der Waals surface area contributed by atoms with Crippen LogP contribution in [0.1, 0.15) is 28.7 Å². The molecule has 0 aliphatic heterocycles. The average molecular weight is 523 g/mol. The van der Waals surface area contributed by atoms with Crippen LogP contribution in [0.15, 0.2) is 36.5 Å². The third-order valence-corrected chi connectivity index (χ3v) is 6.03. The van der Waals surface area contributed by atoms with Gasteiger partial charge in [-0.15, -0.1) is 0 Å². The fraction of sp³-hybridized carbons (Fsp3) is 0.280. The van der Waals surface area contributed by atoms with Gasteiger partial charge in [0.05, 0.1) is 18.3 Å². The number of carbonyl (C=O) groups is 2. The van der Waals surface area contributed by atoms with E-state index >= 15 is 0 Å². The van der Waals surface area contributed by atoms with Gasteiger partial charge >= 0.3 is 0 Å². The molecule has 0 unspecified atom stereocenters. The molecule has 0 saturated carbocycles. The highest BCUT2D eigenvalue weighted by Gasteiger charge is 2.22. The summed E-state index contributed by atoms with van der Waals surface area (Å²) in [6.07, 6.45) is 1.76. The summed E-state index contributed by atoms with van der Waals surface area (Å²) in [6, 6.07) is 7.92. The summed E-state index contributed by atoms with van der Waals surface area (Å²) in [5, 5.41) is 20.8. The van der Waals surface area contributed by atoms with E-state index in [-0.39, 0.29) is 41.6 Å². The zero-order valence-electron chi connectivity index (χ0n) is 20.9. The van der Waals surface area contributed by atoms with Crippen molar-refractivity contribution < 1.29 is 14.7 Å². The molecule has 12 heteroatoms. The van der Waals surface area contributed by atoms with E-state index < -0.39 is 0 Å². The molecule has 3 aromatic heterocycles. The summed E-state index contributed by atoms with van der Waals surface area (Å²) in [4.78, 5) is 40.3. The predicted octanol–water partition coefficient (Wildman–Crippen LogP) is 3.01. The Morgan fingerprint density at radius 1 is 1.16 bits per heavy atom. The van der Waals surface area contributed by atoms with Gasteiger partial charge in [-0.2, -0.15) is 10.1 Å². The summed E-state index contributed by atoms with van der Waals surface area (Å²) >= 11 is 6.24. The van der Waals surface area contributed by atoms with Crippen molar-refractivity contribution in [3.63, 3.8) is 0 Å². The summed E-state index contributed by atoms with van der Waals surface area (Å²) in [5.74, 6) is -0.683. The number of halogens is 1. The first-order chi connectivity index (χ1) is 17.7. The number of benzene rings is 1. The van der Waals surface area contributed by atoms with E-state index in [1.165, 1.54) is 12.1 Å². The Labute approximate surface area is 218 Å². The number of anilines is 1. The zero-order valence-corrected chi connectivity index (χ0v) is 21.7. The van der Waals surface area contributed by atoms with Crippen molar-refractivity contribution in [3.05, 3.63) is 58.5 Å². The van der Waals surface area contributed by atoms with Gasteiger partial charge in [-0.3, -0.25) is 14.3 Å². The second-order valence-corrected chi connectivity index (χ2v) is 8.90. The summed E-state index contributed by atoms with van der Waals surface area (Å²) in [5.41, 5.74) is 2.94. The molecule has 3 heterocycles. The standard InChI is InChI=1S/C25H27ClN8O3/c1-5-34-14(2)16(11-28-34)13-33(4)25(37)23-18-10-17(26)6-7-19(18)29-24(32-23)15-8-20(30-21(35)9-15)31-22(36)12-27-3/h6-11,27H,5,12-13H2,1-4H3,(H2,30,31,35,36). The number of pyridine rings is 1. The minimum Gasteiger partial charge on any atom is -0.493 e. The van der Waals surface area contributed by atoms with E-state index in [1.54, 1.807) is 43.4 Å². The van der Waals surface area contributed by atoms with Gasteiger partial charge in [-0.1, -0.05) is 11.6 Å². The first-order valence-electron chi connectivity index (χ1n) is 11.6. The van der Waals surface area contributed by atoms with E-state index in [4.69, 9.17) is 11.6 Å². The molecule has 11 nitrogen and oxygen atoms in total. The van der Waals surface area contributed by atoms with Crippen LogP contribution < -0.4 is 10.6 Å². The number of amides is 2. The topological polar surface area (TPSA) is 138 Å². The number of aryl methyl sites for hydroxylation is 1. The normalized spacial score (nSPS) is 11.1. The molecular weight excluding hydrogens is 496 g/mol. The highest BCUT2D eigenvalue weighted by Crippen LogP contribution is 2.28. The average Bonchev–Trinajstić information content (AvgIpc) is 3.21. The van der Waals surface area contributed by atoms with E-state index in [0.717, 1.165) is 17.8 Å². The zero-order chi connectivity index (χ0) is 26.7. The minimum atomic E-state index is -0.334. The lowest BCUT2D eigenvalue weighted by atomic mass is 10.1. The number of rotatable bonds is 8. The molecule has 0 aliphatic rings. The molecular formula is C25H27ClN8O3. The summed E-state index contributed by atoms with van der Waals surface area (Å²) in [7, 11) is 3.33. The molecule has 2 amide bonds. The molecule has 37 heavy (non-hydrogen) atoms. The second kappa shape index (κ2) is 10.9. The third-order valence-electron chi connectivity index (χ3n) is 5.79. The molecule has 0 fully saturated rings. The lowest BCUT2D eigenvalue weighted by Gasteiger charge is -2.18. The van der Waals surface area contributed by atoms with Crippen LogP contribution in [-0.4, -0.2) is 67.2 Å². The number of aromatic hydroxyl groups is 1. The number of fused-ring (bicyclic) bond motifs is 1.